The molecule has 2 amide bonds. The molecule has 0 bridgehead atoms. The number of amides is 2. The van der Waals surface area contributed by atoms with Crippen molar-refractivity contribution in [3.05, 3.63) is 132 Å². The van der Waals surface area contributed by atoms with E-state index >= 15 is 4.39 Å². The van der Waals surface area contributed by atoms with E-state index in [9.17, 15) is 18.0 Å². The Morgan fingerprint density at radius 1 is 0.932 bits per heavy atom. The summed E-state index contributed by atoms with van der Waals surface area (Å²) in [5, 5.41) is 6.68. The molecule has 0 radical (unpaired) electrons. The summed E-state index contributed by atoms with van der Waals surface area (Å²) in [5.41, 5.74) is 3.06. The van der Waals surface area contributed by atoms with Crippen LogP contribution in [-0.2, 0) is 27.7 Å². The highest BCUT2D eigenvalue weighted by molar-refractivity contribution is 7.99. The maximum absolute atomic E-state index is 15.6. The number of fused-ring (bicyclic) bond motifs is 2. The summed E-state index contributed by atoms with van der Waals surface area (Å²) in [4.78, 5) is 44.9. The summed E-state index contributed by atoms with van der Waals surface area (Å²) in [7, 11) is -4.47. The van der Waals surface area contributed by atoms with Gasteiger partial charge in [-0.05, 0) is 78.6 Å². The first kappa shape index (κ1) is 40.3. The molecule has 6 aromatic rings. The third kappa shape index (κ3) is 9.88. The zero-order valence-electron chi connectivity index (χ0n) is 31.8. The minimum atomic E-state index is -4.47. The average Bonchev–Trinajstić information content (AvgIpc) is 3.67. The first-order valence-corrected chi connectivity index (χ1v) is 22.4. The lowest BCUT2D eigenvalue weighted by atomic mass is 9.94. The predicted octanol–water partition coefficient (Wildman–Crippen LogP) is 6.45. The second kappa shape index (κ2) is 18.2. The third-order valence-corrected chi connectivity index (χ3v) is 13.6. The Labute approximate surface area is 349 Å². The lowest BCUT2D eigenvalue weighted by molar-refractivity contribution is 0.0370. The van der Waals surface area contributed by atoms with E-state index in [4.69, 9.17) is 4.74 Å². The van der Waals surface area contributed by atoms with E-state index in [1.165, 1.54) is 29.5 Å². The van der Waals surface area contributed by atoms with Gasteiger partial charge in [0.25, 0.3) is 21.8 Å². The molecule has 304 valence electrons. The van der Waals surface area contributed by atoms with Crippen molar-refractivity contribution in [1.29, 1.82) is 0 Å². The first-order valence-electron chi connectivity index (χ1n) is 19.1. The zero-order valence-corrected chi connectivity index (χ0v) is 34.3. The van der Waals surface area contributed by atoms with Crippen LogP contribution in [-0.4, -0.2) is 91.3 Å². The summed E-state index contributed by atoms with van der Waals surface area (Å²) in [6, 6.07) is 25.6. The molecule has 0 saturated carbocycles. The first-order chi connectivity index (χ1) is 28.7. The molecule has 2 aliphatic rings. The lowest BCUT2D eigenvalue weighted by Crippen LogP contribution is -2.39. The van der Waals surface area contributed by atoms with Crippen LogP contribution in [0.15, 0.2) is 113 Å². The second-order valence-corrected chi connectivity index (χ2v) is 17.9. The van der Waals surface area contributed by atoms with Crippen LogP contribution in [0.5, 0.6) is 0 Å². The van der Waals surface area contributed by atoms with Crippen LogP contribution in [0.2, 0.25) is 0 Å². The summed E-state index contributed by atoms with van der Waals surface area (Å²) >= 11 is 3.02. The molecule has 0 spiro atoms. The van der Waals surface area contributed by atoms with Gasteiger partial charge in [-0.2, -0.15) is 0 Å². The average molecular weight is 853 g/mol. The van der Waals surface area contributed by atoms with Crippen molar-refractivity contribution in [2.24, 2.45) is 0 Å². The van der Waals surface area contributed by atoms with E-state index in [-0.39, 0.29) is 23.3 Å². The Kier molecular flexibility index (Phi) is 12.4. The van der Waals surface area contributed by atoms with Crippen LogP contribution < -0.4 is 20.3 Å². The van der Waals surface area contributed by atoms with E-state index in [1.54, 1.807) is 42.4 Å². The van der Waals surface area contributed by atoms with Crippen molar-refractivity contribution in [1.82, 2.24) is 24.6 Å². The monoisotopic (exact) mass is 852 g/mol. The number of rotatable bonds is 14. The SMILES string of the molecule is O=C(NS(=O)(=O)c1ccc(N[C@H](CCN2CCOCC2)CSc2ccccc2)c(F)c1)c1cccc(N2CCc3cccc(C(=O)Nc4nc5cnccc5s4)c3C2)n1. The highest BCUT2D eigenvalue weighted by atomic mass is 32.2. The third-order valence-electron chi connectivity index (χ3n) is 10.1. The number of thioether (sulfide) groups is 1. The van der Waals surface area contributed by atoms with Gasteiger partial charge in [0.05, 0.1) is 34.7 Å². The van der Waals surface area contributed by atoms with Crippen molar-refractivity contribution < 1.29 is 27.1 Å². The highest BCUT2D eigenvalue weighted by Crippen LogP contribution is 2.30. The van der Waals surface area contributed by atoms with Gasteiger partial charge in [-0.25, -0.2) is 27.5 Å². The second-order valence-electron chi connectivity index (χ2n) is 14.1. The Bertz CT molecular complexity index is 2540. The number of carbonyl (C=O) groups excluding carboxylic acids is 2. The molecule has 1 atom stereocenters. The topological polar surface area (TPSA) is 159 Å². The molecule has 0 aliphatic carbocycles. The van der Waals surface area contributed by atoms with E-state index in [2.05, 4.69) is 35.2 Å². The fourth-order valence-electron chi connectivity index (χ4n) is 7.02. The van der Waals surface area contributed by atoms with Gasteiger partial charge in [0, 0.05) is 61.2 Å². The minimum absolute atomic E-state index is 0.113. The molecule has 2 aliphatic heterocycles. The number of aromatic nitrogens is 3. The van der Waals surface area contributed by atoms with Crippen molar-refractivity contribution >= 4 is 71.8 Å². The molecule has 3 aromatic heterocycles. The van der Waals surface area contributed by atoms with Gasteiger partial charge in [-0.15, -0.1) is 11.8 Å². The number of hydrogen-bond donors (Lipinski definition) is 3. The number of halogens is 1. The fraction of sp³-hybridized carbons (Fsp3) is 0.262. The maximum Gasteiger partial charge on any atom is 0.283 e. The van der Waals surface area contributed by atoms with Crippen molar-refractivity contribution in [2.75, 3.05) is 60.7 Å². The molecule has 3 N–H and O–H groups in total. The number of nitrogens with zero attached hydrogens (tertiary/aromatic N) is 5. The molecule has 5 heterocycles. The molecular formula is C42H41FN8O5S3. The predicted molar refractivity (Wildman–Crippen MR) is 228 cm³/mol. The van der Waals surface area contributed by atoms with Gasteiger partial charge >= 0.3 is 0 Å². The Balaban J connectivity index is 0.922. The largest absolute Gasteiger partial charge is 0.379 e. The number of benzene rings is 3. The molecule has 3 aromatic carbocycles. The van der Waals surface area contributed by atoms with Crippen molar-refractivity contribution in [3.63, 3.8) is 0 Å². The zero-order chi connectivity index (χ0) is 40.8. The molecule has 1 saturated heterocycles. The Morgan fingerprint density at radius 3 is 2.58 bits per heavy atom. The van der Waals surface area contributed by atoms with Crippen LogP contribution in [0, 0.1) is 5.82 Å². The van der Waals surface area contributed by atoms with E-state index in [0.717, 1.165) is 52.8 Å². The number of morpholine rings is 1. The molecule has 13 nitrogen and oxygen atoms in total. The van der Waals surface area contributed by atoms with Gasteiger partial charge in [0.15, 0.2) is 5.13 Å². The minimum Gasteiger partial charge on any atom is -0.379 e. The van der Waals surface area contributed by atoms with E-state index in [1.807, 2.05) is 53.4 Å². The fourth-order valence-corrected chi connectivity index (χ4v) is 9.81. The van der Waals surface area contributed by atoms with Crippen LogP contribution in [0.3, 0.4) is 0 Å². The van der Waals surface area contributed by atoms with Crippen LogP contribution in [0.25, 0.3) is 10.2 Å². The summed E-state index contributed by atoms with van der Waals surface area (Å²) in [5.74, 6) is -0.909. The van der Waals surface area contributed by atoms with Crippen LogP contribution >= 0.6 is 23.1 Å². The van der Waals surface area contributed by atoms with Crippen LogP contribution in [0.1, 0.15) is 38.4 Å². The summed E-state index contributed by atoms with van der Waals surface area (Å²) in [6.45, 7) is 4.73. The number of anilines is 3. The Morgan fingerprint density at radius 2 is 1.76 bits per heavy atom. The van der Waals surface area contributed by atoms with Crippen LogP contribution in [0.4, 0.5) is 21.0 Å². The highest BCUT2D eigenvalue weighted by Gasteiger charge is 2.26. The van der Waals surface area contributed by atoms with Gasteiger partial charge in [-0.1, -0.05) is 47.7 Å². The number of pyridine rings is 2. The quantitative estimate of drug-likeness (QED) is 0.103. The molecular weight excluding hydrogens is 812 g/mol. The Hall–Kier alpha value is -5.46. The normalized spacial score (nSPS) is 15.0. The van der Waals surface area contributed by atoms with Gasteiger partial charge in [0.2, 0.25) is 0 Å². The molecule has 8 rings (SSSR count). The number of ether oxygens (including phenoxy) is 1. The van der Waals surface area contributed by atoms with Crippen molar-refractivity contribution in [3.8, 4) is 0 Å². The number of carbonyl (C=O) groups is 2. The summed E-state index contributed by atoms with van der Waals surface area (Å²) in [6.07, 6.45) is 4.68. The number of hydrogen-bond acceptors (Lipinski definition) is 13. The smallest absolute Gasteiger partial charge is 0.283 e. The van der Waals surface area contributed by atoms with Gasteiger partial charge in [0.1, 0.15) is 22.8 Å². The van der Waals surface area contributed by atoms with E-state index < -0.39 is 26.6 Å². The molecule has 17 heteroatoms. The summed E-state index contributed by atoms with van der Waals surface area (Å²) < 4.78 is 50.9. The van der Waals surface area contributed by atoms with Gasteiger partial charge < -0.3 is 15.0 Å². The number of thiazole rings is 1. The molecule has 0 unspecified atom stereocenters. The maximum atomic E-state index is 15.6. The van der Waals surface area contributed by atoms with E-state index in [0.29, 0.717) is 60.5 Å². The van der Waals surface area contributed by atoms with Gasteiger partial charge in [-0.3, -0.25) is 24.8 Å². The number of nitrogens with one attached hydrogen (secondary N) is 3. The lowest BCUT2D eigenvalue weighted by Gasteiger charge is -2.31. The number of sulfonamides is 1. The standard InChI is InChI=1S/C42H41FN8O5S3/c43-34-24-31(12-13-35(34)45-29(16-18-50-20-22-56-23-21-50)27-57-30-7-2-1-3-8-30)59(54,55)49-41(53)36-10-5-11-39(46-36)51-19-15-28-6-4-9-32(33(28)26-51)40(52)48-42-47-37-25-44-17-14-38(37)58-42/h1-14,17,24-25,29,45H,15-16,18-23,26-27H2,(H,49,53)(H,47,48,52)/t29-/m1/s1. The van der Waals surface area contributed by atoms with Crippen molar-refractivity contribution in [2.45, 2.75) is 35.2 Å². The molecule has 59 heavy (non-hydrogen) atoms. The molecule has 1 fully saturated rings.